The maximum atomic E-state index is 11.9. The quantitative estimate of drug-likeness (QED) is 0.257. The number of carbonyl (C=O) groups excluding carboxylic acids is 1. The second-order valence-electron chi connectivity index (χ2n) is 5.89. The van der Waals surface area contributed by atoms with Crippen molar-refractivity contribution in [1.82, 2.24) is 15.6 Å². The molecule has 0 saturated carbocycles. The molecule has 0 spiro atoms. The summed E-state index contributed by atoms with van der Waals surface area (Å²) in [5.74, 6) is 0.839. The maximum absolute atomic E-state index is 11.9. The fourth-order valence-corrected chi connectivity index (χ4v) is 5.25. The molecule has 2 aromatic carbocycles. The minimum atomic E-state index is -0.259. The monoisotopic (exact) mass is 508 g/mol. The van der Waals surface area contributed by atoms with Crippen molar-refractivity contribution < 1.29 is 9.90 Å². The number of carbonyl (C=O) groups is 1. The molecule has 3 aromatic rings. The molecule has 3 rings (SSSR count). The van der Waals surface area contributed by atoms with Crippen LogP contribution in [0, 0.1) is 6.92 Å². The Morgan fingerprint density at radius 2 is 1.93 bits per heavy atom. The Morgan fingerprint density at radius 3 is 2.69 bits per heavy atom. The van der Waals surface area contributed by atoms with E-state index in [-0.39, 0.29) is 17.4 Å². The number of phenolic OH excluding ortho intramolecular Hbond substituents is 1. The lowest BCUT2D eigenvalue weighted by atomic mass is 10.2. The molecule has 0 bridgehead atoms. The molecular weight excluding hydrogens is 492 g/mol. The Hall–Kier alpha value is -1.88. The summed E-state index contributed by atoms with van der Waals surface area (Å²) in [7, 11) is 0. The van der Waals surface area contributed by atoms with Crippen LogP contribution in [0.4, 0.5) is 0 Å². The van der Waals surface area contributed by atoms with Crippen molar-refractivity contribution in [3.8, 4) is 5.75 Å². The third-order valence-corrected chi connectivity index (χ3v) is 7.33. The van der Waals surface area contributed by atoms with Crippen LogP contribution in [0.3, 0.4) is 0 Å². The zero-order valence-corrected chi connectivity index (χ0v) is 19.4. The van der Waals surface area contributed by atoms with E-state index in [9.17, 15) is 9.90 Å². The SMILES string of the molecule is Cc1ccc(CSc2nnc(SCC(=O)N/N=C\c3cc(Br)ccc3O)s2)cc1. The minimum absolute atomic E-state index is 0.0881. The van der Waals surface area contributed by atoms with E-state index < -0.39 is 0 Å². The van der Waals surface area contributed by atoms with Crippen LogP contribution in [0.25, 0.3) is 0 Å². The van der Waals surface area contributed by atoms with Gasteiger partial charge in [-0.3, -0.25) is 4.79 Å². The number of aromatic hydroxyl groups is 1. The number of phenols is 1. The number of nitrogens with zero attached hydrogens (tertiary/aromatic N) is 3. The number of nitrogens with one attached hydrogen (secondary N) is 1. The second-order valence-corrected chi connectivity index (χ2v) is 10.2. The Kier molecular flexibility index (Phi) is 8.10. The molecule has 0 aliphatic rings. The lowest BCUT2D eigenvalue weighted by Crippen LogP contribution is -2.19. The molecule has 0 saturated heterocycles. The van der Waals surface area contributed by atoms with Crippen molar-refractivity contribution in [2.75, 3.05) is 5.75 Å². The first kappa shape index (κ1) is 21.8. The number of halogens is 1. The third-order valence-electron chi connectivity index (χ3n) is 3.58. The fraction of sp³-hybridized carbons (Fsp3) is 0.158. The number of rotatable bonds is 8. The van der Waals surface area contributed by atoms with Crippen LogP contribution < -0.4 is 5.43 Å². The van der Waals surface area contributed by atoms with Gasteiger partial charge in [0.2, 0.25) is 0 Å². The largest absolute Gasteiger partial charge is 0.507 e. The first-order chi connectivity index (χ1) is 14.0. The van der Waals surface area contributed by atoms with Gasteiger partial charge < -0.3 is 5.11 Å². The molecule has 1 aromatic heterocycles. The lowest BCUT2D eigenvalue weighted by Gasteiger charge is -2.00. The summed E-state index contributed by atoms with van der Waals surface area (Å²) in [4.78, 5) is 11.9. The number of hydrogen-bond acceptors (Lipinski definition) is 8. The molecule has 0 unspecified atom stereocenters. The summed E-state index contributed by atoms with van der Waals surface area (Å²) in [6, 6.07) is 13.4. The number of amides is 1. The predicted molar refractivity (Wildman–Crippen MR) is 123 cm³/mol. The van der Waals surface area contributed by atoms with Gasteiger partial charge in [0.1, 0.15) is 5.75 Å². The predicted octanol–water partition coefficient (Wildman–Crippen LogP) is 4.85. The normalized spacial score (nSPS) is 11.1. The highest BCUT2D eigenvalue weighted by Gasteiger charge is 2.09. The molecule has 0 aliphatic carbocycles. The summed E-state index contributed by atoms with van der Waals surface area (Å²) in [6.07, 6.45) is 1.40. The van der Waals surface area contributed by atoms with Crippen molar-refractivity contribution >= 4 is 62.9 Å². The Bertz CT molecular complexity index is 1010. The van der Waals surface area contributed by atoms with Crippen molar-refractivity contribution in [1.29, 1.82) is 0 Å². The number of thioether (sulfide) groups is 2. The van der Waals surface area contributed by atoms with Gasteiger partial charge in [0.05, 0.1) is 12.0 Å². The molecular formula is C19H17BrN4O2S3. The highest BCUT2D eigenvalue weighted by Crippen LogP contribution is 2.30. The highest BCUT2D eigenvalue weighted by molar-refractivity contribution is 9.10. The van der Waals surface area contributed by atoms with Crippen LogP contribution in [-0.2, 0) is 10.5 Å². The number of hydrogen-bond donors (Lipinski definition) is 2. The topological polar surface area (TPSA) is 87.5 Å². The van der Waals surface area contributed by atoms with Gasteiger partial charge >= 0.3 is 0 Å². The van der Waals surface area contributed by atoms with E-state index in [1.807, 2.05) is 0 Å². The van der Waals surface area contributed by atoms with Crippen molar-refractivity contribution in [2.45, 2.75) is 21.4 Å². The van der Waals surface area contributed by atoms with Crippen LogP contribution in [-0.4, -0.2) is 33.2 Å². The van der Waals surface area contributed by atoms with Gasteiger partial charge in [-0.1, -0.05) is 80.6 Å². The van der Waals surface area contributed by atoms with Crippen LogP contribution >= 0.6 is 50.8 Å². The number of aromatic nitrogens is 2. The van der Waals surface area contributed by atoms with E-state index in [0.717, 1.165) is 18.9 Å². The first-order valence-corrected chi connectivity index (χ1v) is 12.0. The summed E-state index contributed by atoms with van der Waals surface area (Å²) < 4.78 is 2.42. The van der Waals surface area contributed by atoms with E-state index in [2.05, 4.69) is 67.8 Å². The van der Waals surface area contributed by atoms with Gasteiger partial charge in [0.15, 0.2) is 8.68 Å². The molecule has 6 nitrogen and oxygen atoms in total. The van der Waals surface area contributed by atoms with Gasteiger partial charge in [-0.25, -0.2) is 5.43 Å². The summed E-state index contributed by atoms with van der Waals surface area (Å²) in [6.45, 7) is 2.07. The van der Waals surface area contributed by atoms with Crippen LogP contribution in [0.15, 0.2) is 60.7 Å². The Labute approximate surface area is 189 Å². The molecule has 0 aliphatic heterocycles. The van der Waals surface area contributed by atoms with Gasteiger partial charge in [-0.2, -0.15) is 5.10 Å². The summed E-state index contributed by atoms with van der Waals surface area (Å²) in [5, 5.41) is 21.9. The zero-order valence-electron chi connectivity index (χ0n) is 15.3. The lowest BCUT2D eigenvalue weighted by molar-refractivity contribution is -0.118. The first-order valence-electron chi connectivity index (χ1n) is 8.44. The van der Waals surface area contributed by atoms with Gasteiger partial charge in [-0.15, -0.1) is 10.2 Å². The van der Waals surface area contributed by atoms with Crippen molar-refractivity contribution in [3.63, 3.8) is 0 Å². The van der Waals surface area contributed by atoms with E-state index in [1.165, 1.54) is 40.4 Å². The Balaban J connectivity index is 1.43. The van der Waals surface area contributed by atoms with Crippen LogP contribution in [0.5, 0.6) is 5.75 Å². The highest BCUT2D eigenvalue weighted by atomic mass is 79.9. The minimum Gasteiger partial charge on any atom is -0.507 e. The van der Waals surface area contributed by atoms with Gasteiger partial charge in [-0.05, 0) is 30.7 Å². The average Bonchev–Trinajstić information content (AvgIpc) is 3.16. The molecule has 0 atom stereocenters. The fourth-order valence-electron chi connectivity index (χ4n) is 2.11. The van der Waals surface area contributed by atoms with E-state index >= 15 is 0 Å². The van der Waals surface area contributed by atoms with Gasteiger partial charge in [0, 0.05) is 15.8 Å². The van der Waals surface area contributed by atoms with E-state index in [0.29, 0.717) is 5.56 Å². The molecule has 2 N–H and O–H groups in total. The number of aryl methyl sites for hydroxylation is 1. The maximum Gasteiger partial charge on any atom is 0.250 e. The van der Waals surface area contributed by atoms with E-state index in [4.69, 9.17) is 0 Å². The molecule has 1 heterocycles. The summed E-state index contributed by atoms with van der Waals surface area (Å²) in [5.41, 5.74) is 5.42. The van der Waals surface area contributed by atoms with Crippen LogP contribution in [0.2, 0.25) is 0 Å². The molecule has 10 heteroatoms. The molecule has 150 valence electrons. The molecule has 29 heavy (non-hydrogen) atoms. The number of benzene rings is 2. The third kappa shape index (κ3) is 7.14. The van der Waals surface area contributed by atoms with Crippen LogP contribution in [0.1, 0.15) is 16.7 Å². The molecule has 1 amide bonds. The Morgan fingerprint density at radius 1 is 1.21 bits per heavy atom. The van der Waals surface area contributed by atoms with E-state index in [1.54, 1.807) is 30.0 Å². The zero-order chi connectivity index (χ0) is 20.6. The standard InChI is InChI=1S/C19H17BrN4O2S3/c1-12-2-4-13(5-3-12)10-27-18-23-24-19(29-18)28-11-17(26)22-21-9-14-8-15(20)6-7-16(14)25/h2-9,25H,10-11H2,1H3,(H,22,26)/b21-9-. The van der Waals surface area contributed by atoms with Gasteiger partial charge in [0.25, 0.3) is 5.91 Å². The second kappa shape index (κ2) is 10.8. The van der Waals surface area contributed by atoms with Crippen molar-refractivity contribution in [2.24, 2.45) is 5.10 Å². The van der Waals surface area contributed by atoms with Crippen molar-refractivity contribution in [3.05, 3.63) is 63.6 Å². The molecule has 0 fully saturated rings. The molecule has 0 radical (unpaired) electrons. The summed E-state index contributed by atoms with van der Waals surface area (Å²) >= 11 is 7.73. The smallest absolute Gasteiger partial charge is 0.250 e. The average molecular weight is 509 g/mol. The number of hydrazone groups is 1.